The molecule has 0 saturated heterocycles. The van der Waals surface area contributed by atoms with Gasteiger partial charge in [-0.25, -0.2) is 0 Å². The molecule has 0 saturated carbocycles. The number of pyridine rings is 1. The lowest BCUT2D eigenvalue weighted by Crippen LogP contribution is -2.18. The van der Waals surface area contributed by atoms with Crippen LogP contribution in [0.25, 0.3) is 11.1 Å². The minimum absolute atomic E-state index is 0.215. The predicted octanol–water partition coefficient (Wildman–Crippen LogP) is 5.26. The molecule has 1 N–H and O–H groups in total. The van der Waals surface area contributed by atoms with Gasteiger partial charge < -0.3 is 10.1 Å². The second kappa shape index (κ2) is 8.15. The van der Waals surface area contributed by atoms with E-state index in [4.69, 9.17) is 16.3 Å². The zero-order valence-electron chi connectivity index (χ0n) is 14.4. The lowest BCUT2D eigenvalue weighted by Gasteiger charge is -2.16. The van der Waals surface area contributed by atoms with E-state index in [2.05, 4.69) is 35.4 Å². The maximum absolute atomic E-state index is 6.36. The molecule has 128 valence electrons. The maximum Gasteiger partial charge on any atom is 0.119 e. The van der Waals surface area contributed by atoms with Gasteiger partial charge in [0.25, 0.3) is 0 Å². The first-order valence-corrected chi connectivity index (χ1v) is 8.61. The topological polar surface area (TPSA) is 34.1 Å². The highest BCUT2D eigenvalue weighted by Crippen LogP contribution is 2.28. The lowest BCUT2D eigenvalue weighted by atomic mass is 10.0. The minimum Gasteiger partial charge on any atom is -0.497 e. The van der Waals surface area contributed by atoms with Gasteiger partial charge in [-0.1, -0.05) is 35.9 Å². The summed E-state index contributed by atoms with van der Waals surface area (Å²) in [6.07, 6.45) is 3.59. The largest absolute Gasteiger partial charge is 0.497 e. The fourth-order valence-electron chi connectivity index (χ4n) is 2.73. The van der Waals surface area contributed by atoms with Gasteiger partial charge in [0.2, 0.25) is 0 Å². The average Bonchev–Trinajstić information content (AvgIpc) is 2.67. The number of nitrogens with zero attached hydrogens (tertiary/aromatic N) is 1. The Morgan fingerprint density at radius 3 is 2.76 bits per heavy atom. The van der Waals surface area contributed by atoms with Crippen LogP contribution in [0.5, 0.6) is 5.75 Å². The Morgan fingerprint density at radius 1 is 1.12 bits per heavy atom. The first-order valence-electron chi connectivity index (χ1n) is 8.23. The minimum atomic E-state index is 0.215. The second-order valence-corrected chi connectivity index (χ2v) is 6.34. The molecule has 0 aliphatic rings. The van der Waals surface area contributed by atoms with Crippen LogP contribution in [0.4, 0.5) is 0 Å². The number of aromatic nitrogens is 1. The summed E-state index contributed by atoms with van der Waals surface area (Å²) < 4.78 is 5.30. The van der Waals surface area contributed by atoms with Gasteiger partial charge in [-0.05, 0) is 48.4 Å². The van der Waals surface area contributed by atoms with E-state index in [1.807, 2.05) is 42.6 Å². The molecule has 3 nitrogen and oxygen atoms in total. The van der Waals surface area contributed by atoms with Crippen LogP contribution in [-0.2, 0) is 6.54 Å². The molecular formula is C21H21ClN2O. The Labute approximate surface area is 153 Å². The monoisotopic (exact) mass is 352 g/mol. The molecule has 1 aromatic heterocycles. The van der Waals surface area contributed by atoms with Crippen molar-refractivity contribution in [1.82, 2.24) is 10.3 Å². The molecule has 3 rings (SSSR count). The SMILES string of the molecule is COc1cccc([C@@H](C)NCc2ccc(Cl)c(-c3cccnc3)c2)c1. The van der Waals surface area contributed by atoms with Crippen molar-refractivity contribution in [1.29, 1.82) is 0 Å². The summed E-state index contributed by atoms with van der Waals surface area (Å²) in [7, 11) is 1.69. The van der Waals surface area contributed by atoms with Crippen molar-refractivity contribution in [3.8, 4) is 16.9 Å². The number of nitrogens with one attached hydrogen (secondary N) is 1. The summed E-state index contributed by atoms with van der Waals surface area (Å²) in [5, 5.41) is 4.28. The highest BCUT2D eigenvalue weighted by molar-refractivity contribution is 6.33. The Bertz CT molecular complexity index is 836. The fraction of sp³-hybridized carbons (Fsp3) is 0.190. The van der Waals surface area contributed by atoms with Crippen LogP contribution in [0.1, 0.15) is 24.1 Å². The van der Waals surface area contributed by atoms with Crippen molar-refractivity contribution >= 4 is 11.6 Å². The van der Waals surface area contributed by atoms with Crippen LogP contribution in [0.15, 0.2) is 67.0 Å². The molecule has 0 aliphatic carbocycles. The van der Waals surface area contributed by atoms with Crippen LogP contribution in [0, 0.1) is 0 Å². The molecular weight excluding hydrogens is 332 g/mol. The average molecular weight is 353 g/mol. The molecule has 0 radical (unpaired) electrons. The van der Waals surface area contributed by atoms with Crippen LogP contribution < -0.4 is 10.1 Å². The molecule has 0 fully saturated rings. The quantitative estimate of drug-likeness (QED) is 0.657. The Kier molecular flexibility index (Phi) is 5.69. The van der Waals surface area contributed by atoms with E-state index >= 15 is 0 Å². The summed E-state index contributed by atoms with van der Waals surface area (Å²) in [5.74, 6) is 0.872. The van der Waals surface area contributed by atoms with Gasteiger partial charge in [-0.2, -0.15) is 0 Å². The van der Waals surface area contributed by atoms with Gasteiger partial charge in [0.1, 0.15) is 5.75 Å². The van der Waals surface area contributed by atoms with Crippen molar-refractivity contribution < 1.29 is 4.74 Å². The third kappa shape index (κ3) is 4.38. The Balaban J connectivity index is 1.73. The number of hydrogen-bond acceptors (Lipinski definition) is 3. The highest BCUT2D eigenvalue weighted by atomic mass is 35.5. The number of rotatable bonds is 6. The highest BCUT2D eigenvalue weighted by Gasteiger charge is 2.08. The van der Waals surface area contributed by atoms with Crippen LogP contribution in [0.3, 0.4) is 0 Å². The molecule has 1 heterocycles. The van der Waals surface area contributed by atoms with Gasteiger partial charge in [0, 0.05) is 41.1 Å². The summed E-state index contributed by atoms with van der Waals surface area (Å²) in [5.41, 5.74) is 4.40. The van der Waals surface area contributed by atoms with Crippen LogP contribution >= 0.6 is 11.6 Å². The smallest absolute Gasteiger partial charge is 0.119 e. The molecule has 2 aromatic carbocycles. The molecule has 3 aromatic rings. The molecule has 0 aliphatic heterocycles. The molecule has 4 heteroatoms. The normalized spacial score (nSPS) is 12.0. The summed E-state index contributed by atoms with van der Waals surface area (Å²) in [6.45, 7) is 2.90. The van der Waals surface area contributed by atoms with E-state index in [1.54, 1.807) is 13.3 Å². The van der Waals surface area contributed by atoms with Gasteiger partial charge in [0.05, 0.1) is 7.11 Å². The Morgan fingerprint density at radius 2 is 2.00 bits per heavy atom. The predicted molar refractivity (Wildman–Crippen MR) is 103 cm³/mol. The summed E-state index contributed by atoms with van der Waals surface area (Å²) in [6, 6.07) is 18.4. The molecule has 0 spiro atoms. The van der Waals surface area contributed by atoms with Crippen molar-refractivity contribution in [2.45, 2.75) is 19.5 Å². The Hall–Kier alpha value is -2.36. The zero-order chi connectivity index (χ0) is 17.6. The molecule has 0 unspecified atom stereocenters. The molecule has 1 atom stereocenters. The summed E-state index contributed by atoms with van der Waals surface area (Å²) >= 11 is 6.36. The number of ether oxygens (including phenoxy) is 1. The third-order valence-corrected chi connectivity index (χ3v) is 4.54. The van der Waals surface area contributed by atoms with E-state index in [0.717, 1.165) is 28.4 Å². The number of hydrogen-bond donors (Lipinski definition) is 1. The molecule has 0 bridgehead atoms. The van der Waals surface area contributed by atoms with E-state index in [9.17, 15) is 0 Å². The maximum atomic E-state index is 6.36. The standard InChI is InChI=1S/C21H21ClN2O/c1-15(17-5-3-7-19(12-17)25-2)24-13-16-8-9-21(22)20(11-16)18-6-4-10-23-14-18/h3-12,14-15,24H,13H2,1-2H3/t15-/m1/s1. The zero-order valence-corrected chi connectivity index (χ0v) is 15.1. The van der Waals surface area contributed by atoms with E-state index in [-0.39, 0.29) is 6.04 Å². The van der Waals surface area contributed by atoms with Gasteiger partial charge >= 0.3 is 0 Å². The van der Waals surface area contributed by atoms with Crippen molar-refractivity contribution in [3.63, 3.8) is 0 Å². The van der Waals surface area contributed by atoms with Crippen molar-refractivity contribution in [2.24, 2.45) is 0 Å². The number of benzene rings is 2. The third-order valence-electron chi connectivity index (χ3n) is 4.21. The number of methoxy groups -OCH3 is 1. The van der Waals surface area contributed by atoms with Gasteiger partial charge in [0.15, 0.2) is 0 Å². The van der Waals surface area contributed by atoms with Gasteiger partial charge in [-0.15, -0.1) is 0 Å². The molecule has 25 heavy (non-hydrogen) atoms. The van der Waals surface area contributed by atoms with E-state index in [1.165, 1.54) is 11.1 Å². The van der Waals surface area contributed by atoms with Crippen molar-refractivity contribution in [2.75, 3.05) is 7.11 Å². The lowest BCUT2D eigenvalue weighted by molar-refractivity contribution is 0.413. The van der Waals surface area contributed by atoms with E-state index < -0.39 is 0 Å². The first kappa shape index (κ1) is 17.5. The van der Waals surface area contributed by atoms with Gasteiger partial charge in [-0.3, -0.25) is 4.98 Å². The van der Waals surface area contributed by atoms with E-state index in [0.29, 0.717) is 0 Å². The first-order chi connectivity index (χ1) is 12.2. The van der Waals surface area contributed by atoms with Crippen LogP contribution in [-0.4, -0.2) is 12.1 Å². The summed E-state index contributed by atoms with van der Waals surface area (Å²) in [4.78, 5) is 4.18. The van der Waals surface area contributed by atoms with Crippen molar-refractivity contribution in [3.05, 3.63) is 83.1 Å². The molecule has 0 amide bonds. The fourth-order valence-corrected chi connectivity index (χ4v) is 2.95. The van der Waals surface area contributed by atoms with Crippen LogP contribution in [0.2, 0.25) is 5.02 Å². The second-order valence-electron chi connectivity index (χ2n) is 5.94. The number of halogens is 1.